The summed E-state index contributed by atoms with van der Waals surface area (Å²) in [7, 11) is 0. The fourth-order valence-electron chi connectivity index (χ4n) is 3.70. The highest BCUT2D eigenvalue weighted by atomic mass is 32.1. The van der Waals surface area contributed by atoms with E-state index in [4.69, 9.17) is 4.98 Å². The predicted molar refractivity (Wildman–Crippen MR) is 112 cm³/mol. The summed E-state index contributed by atoms with van der Waals surface area (Å²) in [5.74, 6) is 0.945. The number of benzene rings is 2. The Morgan fingerprint density at radius 2 is 1.83 bits per heavy atom. The zero-order valence-corrected chi connectivity index (χ0v) is 17.0. The van der Waals surface area contributed by atoms with Crippen molar-refractivity contribution in [2.24, 2.45) is 0 Å². The van der Waals surface area contributed by atoms with Crippen LogP contribution in [0.3, 0.4) is 0 Å². The summed E-state index contributed by atoms with van der Waals surface area (Å²) in [6.07, 6.45) is 0. The third-order valence-corrected chi connectivity index (χ3v) is 6.14. The van der Waals surface area contributed by atoms with Gasteiger partial charge in [-0.15, -0.1) is 21.5 Å². The maximum atomic E-state index is 13.2. The molecule has 2 aromatic heterocycles. The number of amides is 1. The minimum absolute atomic E-state index is 0.140. The first-order valence-electron chi connectivity index (χ1n) is 9.63. The van der Waals surface area contributed by atoms with Crippen LogP contribution in [-0.4, -0.2) is 37.1 Å². The van der Waals surface area contributed by atoms with Gasteiger partial charge in [-0.25, -0.2) is 9.37 Å². The second kappa shape index (κ2) is 7.46. The summed E-state index contributed by atoms with van der Waals surface area (Å²) in [4.78, 5) is 19.4. The second-order valence-electron chi connectivity index (χ2n) is 7.12. The molecule has 2 aromatic carbocycles. The molecule has 3 heterocycles. The van der Waals surface area contributed by atoms with Crippen molar-refractivity contribution in [3.8, 4) is 22.1 Å². The fraction of sp³-hybridized carbons (Fsp3) is 0.182. The van der Waals surface area contributed by atoms with Gasteiger partial charge in [0, 0.05) is 29.6 Å². The number of aromatic nitrogens is 4. The third-order valence-electron chi connectivity index (χ3n) is 5.30. The Kier molecular flexibility index (Phi) is 4.63. The van der Waals surface area contributed by atoms with Crippen LogP contribution in [0.4, 0.5) is 4.39 Å². The predicted octanol–water partition coefficient (Wildman–Crippen LogP) is 4.42. The molecule has 4 aromatic rings. The Balaban J connectivity index is 1.42. The van der Waals surface area contributed by atoms with Crippen LogP contribution in [0, 0.1) is 5.82 Å². The number of carbonyl (C=O) groups is 1. The van der Waals surface area contributed by atoms with Gasteiger partial charge in [-0.2, -0.15) is 0 Å². The summed E-state index contributed by atoms with van der Waals surface area (Å²) in [5, 5.41) is 11.6. The van der Waals surface area contributed by atoms with Gasteiger partial charge in [0.15, 0.2) is 16.7 Å². The molecule has 6 nitrogen and oxygen atoms in total. The molecule has 0 saturated carbocycles. The van der Waals surface area contributed by atoms with E-state index in [1.165, 1.54) is 35.6 Å². The Hall–Kier alpha value is -3.39. The normalized spacial score (nSPS) is 15.8. The molecule has 1 aliphatic heterocycles. The lowest BCUT2D eigenvalue weighted by molar-refractivity contribution is 0.0638. The summed E-state index contributed by atoms with van der Waals surface area (Å²) >= 11 is 1.53. The van der Waals surface area contributed by atoms with Crippen LogP contribution < -0.4 is 0 Å². The van der Waals surface area contributed by atoms with Gasteiger partial charge in [-0.1, -0.05) is 30.3 Å². The summed E-state index contributed by atoms with van der Waals surface area (Å²) in [6.45, 7) is 3.03. The highest BCUT2D eigenvalue weighted by molar-refractivity contribution is 7.13. The first-order valence-corrected chi connectivity index (χ1v) is 10.5. The first-order chi connectivity index (χ1) is 14.6. The number of hydrogen-bond acceptors (Lipinski definition) is 5. The highest BCUT2D eigenvalue weighted by Gasteiger charge is 2.32. The van der Waals surface area contributed by atoms with Crippen molar-refractivity contribution < 1.29 is 9.18 Å². The molecular weight excluding hydrogens is 401 g/mol. The minimum atomic E-state index is -0.360. The molecular formula is C22H18FN5OS. The Bertz CT molecular complexity index is 1200. The number of halogens is 1. The van der Waals surface area contributed by atoms with Gasteiger partial charge >= 0.3 is 0 Å². The van der Waals surface area contributed by atoms with Crippen molar-refractivity contribution in [2.45, 2.75) is 19.5 Å². The minimum Gasteiger partial charge on any atom is -0.327 e. The number of nitrogens with zero attached hydrogens (tertiary/aromatic N) is 5. The molecule has 1 amide bonds. The monoisotopic (exact) mass is 419 g/mol. The van der Waals surface area contributed by atoms with Crippen molar-refractivity contribution in [1.29, 1.82) is 0 Å². The SMILES string of the molecule is C[C@@H]1c2nnc(-c3nc(-c4ccccc4)cs3)n2CCN1C(=O)c1ccc(F)cc1. The number of rotatable bonds is 3. The standard InChI is InChI=1S/C22H18FN5OS/c1-14-19-25-26-20(21-24-18(13-30-21)15-5-3-2-4-6-15)28(19)12-11-27(14)22(29)16-7-9-17(23)10-8-16/h2-10,13-14H,11-12H2,1H3/t14-/m1/s1. The number of thiazole rings is 1. The van der Waals surface area contributed by atoms with Gasteiger partial charge in [-0.3, -0.25) is 4.79 Å². The molecule has 0 N–H and O–H groups in total. The van der Waals surface area contributed by atoms with Crippen LogP contribution in [0.5, 0.6) is 0 Å². The second-order valence-corrected chi connectivity index (χ2v) is 7.98. The van der Waals surface area contributed by atoms with Crippen molar-refractivity contribution in [1.82, 2.24) is 24.6 Å². The van der Waals surface area contributed by atoms with E-state index in [9.17, 15) is 9.18 Å². The van der Waals surface area contributed by atoms with Gasteiger partial charge in [0.25, 0.3) is 5.91 Å². The zero-order chi connectivity index (χ0) is 20.7. The molecule has 0 bridgehead atoms. The van der Waals surface area contributed by atoms with E-state index in [0.29, 0.717) is 18.7 Å². The Morgan fingerprint density at radius 1 is 1.07 bits per heavy atom. The first kappa shape index (κ1) is 18.6. The molecule has 8 heteroatoms. The molecule has 0 saturated heterocycles. The number of hydrogen-bond donors (Lipinski definition) is 0. The molecule has 30 heavy (non-hydrogen) atoms. The van der Waals surface area contributed by atoms with Crippen LogP contribution in [-0.2, 0) is 6.54 Å². The van der Waals surface area contributed by atoms with E-state index >= 15 is 0 Å². The van der Waals surface area contributed by atoms with Gasteiger partial charge in [0.05, 0.1) is 11.7 Å². The number of fused-ring (bicyclic) bond motifs is 1. The molecule has 1 aliphatic rings. The van der Waals surface area contributed by atoms with Crippen LogP contribution in [0.15, 0.2) is 60.0 Å². The fourth-order valence-corrected chi connectivity index (χ4v) is 4.52. The van der Waals surface area contributed by atoms with E-state index in [0.717, 1.165) is 27.9 Å². The summed E-state index contributed by atoms with van der Waals surface area (Å²) in [6, 6.07) is 15.4. The zero-order valence-electron chi connectivity index (χ0n) is 16.2. The summed E-state index contributed by atoms with van der Waals surface area (Å²) < 4.78 is 15.2. The van der Waals surface area contributed by atoms with Crippen molar-refractivity contribution >= 4 is 17.2 Å². The largest absolute Gasteiger partial charge is 0.327 e. The van der Waals surface area contributed by atoms with Gasteiger partial charge in [0.2, 0.25) is 0 Å². The summed E-state index contributed by atoms with van der Waals surface area (Å²) in [5.41, 5.74) is 2.43. The van der Waals surface area contributed by atoms with E-state index in [2.05, 4.69) is 10.2 Å². The molecule has 0 fully saturated rings. The topological polar surface area (TPSA) is 63.9 Å². The molecule has 0 aliphatic carbocycles. The van der Waals surface area contributed by atoms with E-state index in [1.807, 2.05) is 47.2 Å². The van der Waals surface area contributed by atoms with Gasteiger partial charge in [0.1, 0.15) is 5.82 Å². The highest BCUT2D eigenvalue weighted by Crippen LogP contribution is 2.32. The molecule has 0 spiro atoms. The van der Waals surface area contributed by atoms with E-state index < -0.39 is 0 Å². The smallest absolute Gasteiger partial charge is 0.254 e. The quantitative estimate of drug-likeness (QED) is 0.493. The van der Waals surface area contributed by atoms with Gasteiger partial charge in [-0.05, 0) is 31.2 Å². The van der Waals surface area contributed by atoms with Crippen LogP contribution in [0.1, 0.15) is 29.1 Å². The van der Waals surface area contributed by atoms with Crippen LogP contribution in [0.25, 0.3) is 22.1 Å². The average Bonchev–Trinajstić information content (AvgIpc) is 3.42. The Morgan fingerprint density at radius 3 is 2.60 bits per heavy atom. The average molecular weight is 419 g/mol. The van der Waals surface area contributed by atoms with Gasteiger partial charge < -0.3 is 9.47 Å². The maximum absolute atomic E-state index is 13.2. The third kappa shape index (κ3) is 3.19. The maximum Gasteiger partial charge on any atom is 0.254 e. The van der Waals surface area contributed by atoms with E-state index in [-0.39, 0.29) is 17.8 Å². The van der Waals surface area contributed by atoms with E-state index in [1.54, 1.807) is 4.90 Å². The molecule has 5 rings (SSSR count). The van der Waals surface area contributed by atoms with Crippen molar-refractivity contribution in [2.75, 3.05) is 6.54 Å². The lowest BCUT2D eigenvalue weighted by Gasteiger charge is -2.33. The van der Waals surface area contributed by atoms with Crippen molar-refractivity contribution in [3.05, 3.63) is 77.2 Å². The molecule has 150 valence electrons. The van der Waals surface area contributed by atoms with Crippen LogP contribution >= 0.6 is 11.3 Å². The molecule has 0 radical (unpaired) electrons. The molecule has 0 unspecified atom stereocenters. The Labute approximate surface area is 176 Å². The van der Waals surface area contributed by atoms with Crippen LogP contribution in [0.2, 0.25) is 0 Å². The van der Waals surface area contributed by atoms with Crippen molar-refractivity contribution in [3.63, 3.8) is 0 Å². The molecule has 1 atom stereocenters. The lowest BCUT2D eigenvalue weighted by atomic mass is 10.1. The lowest BCUT2D eigenvalue weighted by Crippen LogP contribution is -2.41. The number of carbonyl (C=O) groups excluding carboxylic acids is 1.